The first kappa shape index (κ1) is 19.1. The van der Waals surface area contributed by atoms with E-state index in [0.717, 1.165) is 42.5 Å². The minimum atomic E-state index is -0.449. The van der Waals surface area contributed by atoms with Crippen molar-refractivity contribution in [2.45, 2.75) is 50.1 Å². The van der Waals surface area contributed by atoms with Gasteiger partial charge in [-0.05, 0) is 25.0 Å². The number of carbonyl (C=O) groups excluding carboxylic acids is 1. The third-order valence-electron chi connectivity index (χ3n) is 4.56. The molecule has 0 N–H and O–H groups in total. The van der Waals surface area contributed by atoms with E-state index in [1.807, 2.05) is 5.38 Å². The first-order chi connectivity index (χ1) is 13.6. The number of amides is 1. The fourth-order valence-corrected chi connectivity index (χ4v) is 5.07. The van der Waals surface area contributed by atoms with Crippen molar-refractivity contribution >= 4 is 39.8 Å². The van der Waals surface area contributed by atoms with Crippen LogP contribution in [0.5, 0.6) is 0 Å². The van der Waals surface area contributed by atoms with E-state index < -0.39 is 5.82 Å². The van der Waals surface area contributed by atoms with Gasteiger partial charge in [-0.1, -0.05) is 30.3 Å². The van der Waals surface area contributed by atoms with Crippen LogP contribution in [-0.4, -0.2) is 25.7 Å². The summed E-state index contributed by atoms with van der Waals surface area (Å²) in [7, 11) is 0. The third-order valence-corrected chi connectivity index (χ3v) is 6.44. The highest BCUT2D eigenvalue weighted by atomic mass is 32.2. The molecule has 3 heterocycles. The van der Waals surface area contributed by atoms with Crippen LogP contribution >= 0.6 is 23.1 Å². The van der Waals surface area contributed by atoms with Gasteiger partial charge in [0, 0.05) is 31.0 Å². The molecular formula is C19H20FN5OS2. The topological polar surface area (TPSA) is 63.9 Å². The van der Waals surface area contributed by atoms with Gasteiger partial charge in [0.1, 0.15) is 11.6 Å². The Morgan fingerprint density at radius 2 is 2.14 bits per heavy atom. The van der Waals surface area contributed by atoms with Gasteiger partial charge in [0.2, 0.25) is 5.91 Å². The van der Waals surface area contributed by atoms with Gasteiger partial charge >= 0.3 is 0 Å². The second-order valence-electron chi connectivity index (χ2n) is 6.58. The molecule has 3 aromatic rings. The van der Waals surface area contributed by atoms with Gasteiger partial charge < -0.3 is 4.57 Å². The van der Waals surface area contributed by atoms with Crippen molar-refractivity contribution in [1.29, 1.82) is 0 Å². The van der Waals surface area contributed by atoms with Gasteiger partial charge in [-0.25, -0.2) is 9.37 Å². The predicted octanol–water partition coefficient (Wildman–Crippen LogP) is 4.58. The molecule has 0 radical (unpaired) electrons. The highest BCUT2D eigenvalue weighted by molar-refractivity contribution is 7.98. The molecule has 146 valence electrons. The number of rotatable bonds is 5. The zero-order chi connectivity index (χ0) is 19.5. The van der Waals surface area contributed by atoms with Crippen molar-refractivity contribution in [2.24, 2.45) is 0 Å². The van der Waals surface area contributed by atoms with Crippen LogP contribution in [0.2, 0.25) is 0 Å². The Bertz CT molecular complexity index is 986. The molecule has 0 fully saturated rings. The zero-order valence-electron chi connectivity index (χ0n) is 15.5. The van der Waals surface area contributed by atoms with E-state index in [1.165, 1.54) is 35.6 Å². The largest absolute Gasteiger partial charge is 0.306 e. The van der Waals surface area contributed by atoms with Crippen LogP contribution < -0.4 is 4.90 Å². The number of nitrogens with zero attached hydrogens (tertiary/aromatic N) is 5. The number of aryl methyl sites for hydroxylation is 1. The molecule has 2 aromatic heterocycles. The van der Waals surface area contributed by atoms with Gasteiger partial charge in [0.25, 0.3) is 0 Å². The molecule has 28 heavy (non-hydrogen) atoms. The number of hydrogen-bond acceptors (Lipinski definition) is 6. The number of thiazole rings is 1. The molecule has 0 bridgehead atoms. The molecule has 0 aliphatic carbocycles. The first-order valence-corrected chi connectivity index (χ1v) is 11.0. The number of halogens is 1. The standard InChI is InChI=1S/C19H20FN5OS2/c1-13(26)25(16-8-5-4-7-15(16)20)18-21-14(11-27-18)12-28-19-23-22-17-9-3-2-6-10-24(17)19/h4-5,7-8,11H,2-3,6,9-10,12H2,1H3. The van der Waals surface area contributed by atoms with Crippen LogP contribution in [0.25, 0.3) is 0 Å². The smallest absolute Gasteiger partial charge is 0.230 e. The van der Waals surface area contributed by atoms with Crippen LogP contribution in [0.4, 0.5) is 15.2 Å². The number of aromatic nitrogens is 4. The van der Waals surface area contributed by atoms with E-state index in [0.29, 0.717) is 10.9 Å². The van der Waals surface area contributed by atoms with E-state index in [9.17, 15) is 9.18 Å². The van der Waals surface area contributed by atoms with Gasteiger partial charge in [0.05, 0.1) is 11.4 Å². The minimum Gasteiger partial charge on any atom is -0.306 e. The van der Waals surface area contributed by atoms with E-state index in [-0.39, 0.29) is 11.6 Å². The molecule has 4 rings (SSSR count). The maximum absolute atomic E-state index is 14.2. The van der Waals surface area contributed by atoms with E-state index in [2.05, 4.69) is 19.7 Å². The molecule has 0 spiro atoms. The Morgan fingerprint density at radius 3 is 2.96 bits per heavy atom. The Kier molecular flexibility index (Phi) is 5.72. The number of benzene rings is 1. The van der Waals surface area contributed by atoms with E-state index >= 15 is 0 Å². The van der Waals surface area contributed by atoms with Crippen molar-refractivity contribution in [3.63, 3.8) is 0 Å². The molecule has 0 unspecified atom stereocenters. The number of anilines is 2. The van der Waals surface area contributed by atoms with Crippen LogP contribution in [0, 0.1) is 5.82 Å². The summed E-state index contributed by atoms with van der Waals surface area (Å²) >= 11 is 2.92. The Balaban J connectivity index is 1.51. The summed E-state index contributed by atoms with van der Waals surface area (Å²) in [4.78, 5) is 18.0. The fourth-order valence-electron chi connectivity index (χ4n) is 3.21. The molecule has 9 heteroatoms. The highest BCUT2D eigenvalue weighted by Gasteiger charge is 2.21. The SMILES string of the molecule is CC(=O)N(c1nc(CSc2nnc3n2CCCCC3)cs1)c1ccccc1F. The van der Waals surface area contributed by atoms with Gasteiger partial charge in [-0.3, -0.25) is 9.69 Å². The summed E-state index contributed by atoms with van der Waals surface area (Å²) in [6, 6.07) is 6.23. The summed E-state index contributed by atoms with van der Waals surface area (Å²) in [5, 5.41) is 11.9. The minimum absolute atomic E-state index is 0.214. The molecule has 1 aromatic carbocycles. The maximum Gasteiger partial charge on any atom is 0.230 e. The lowest BCUT2D eigenvalue weighted by Crippen LogP contribution is -2.23. The summed E-state index contributed by atoms with van der Waals surface area (Å²) in [5.41, 5.74) is 1.05. The Labute approximate surface area is 170 Å². The second-order valence-corrected chi connectivity index (χ2v) is 8.36. The lowest BCUT2D eigenvalue weighted by Gasteiger charge is -2.18. The highest BCUT2D eigenvalue weighted by Crippen LogP contribution is 2.32. The predicted molar refractivity (Wildman–Crippen MR) is 108 cm³/mol. The second kappa shape index (κ2) is 8.40. The summed E-state index contributed by atoms with van der Waals surface area (Å²) in [6.07, 6.45) is 4.51. The molecule has 6 nitrogen and oxygen atoms in total. The van der Waals surface area contributed by atoms with E-state index in [1.54, 1.807) is 30.0 Å². The molecule has 0 saturated heterocycles. The molecule has 0 saturated carbocycles. The van der Waals surface area contributed by atoms with Crippen molar-refractivity contribution in [3.05, 3.63) is 47.0 Å². The molecule has 1 amide bonds. The lowest BCUT2D eigenvalue weighted by molar-refractivity contribution is -0.115. The van der Waals surface area contributed by atoms with E-state index in [4.69, 9.17) is 0 Å². The van der Waals surface area contributed by atoms with Crippen LogP contribution in [0.15, 0.2) is 34.8 Å². The average Bonchev–Trinajstić information content (AvgIpc) is 3.22. The van der Waals surface area contributed by atoms with Gasteiger partial charge in [-0.2, -0.15) is 0 Å². The number of carbonyl (C=O) groups is 1. The van der Waals surface area contributed by atoms with Crippen molar-refractivity contribution in [1.82, 2.24) is 19.7 Å². The third kappa shape index (κ3) is 3.95. The quantitative estimate of drug-likeness (QED) is 0.569. The molecular weight excluding hydrogens is 397 g/mol. The Hall–Kier alpha value is -2.26. The number of para-hydroxylation sites is 1. The van der Waals surface area contributed by atoms with Gasteiger partial charge in [0.15, 0.2) is 10.3 Å². The molecule has 1 aliphatic rings. The summed E-state index contributed by atoms with van der Waals surface area (Å²) < 4.78 is 16.4. The van der Waals surface area contributed by atoms with Gasteiger partial charge in [-0.15, -0.1) is 21.5 Å². The number of fused-ring (bicyclic) bond motifs is 1. The maximum atomic E-state index is 14.2. The lowest BCUT2D eigenvalue weighted by atomic mass is 10.2. The van der Waals surface area contributed by atoms with Crippen LogP contribution in [0.3, 0.4) is 0 Å². The monoisotopic (exact) mass is 417 g/mol. The molecule has 0 atom stereocenters. The van der Waals surface area contributed by atoms with Crippen LogP contribution in [0.1, 0.15) is 37.7 Å². The zero-order valence-corrected chi connectivity index (χ0v) is 17.1. The van der Waals surface area contributed by atoms with Crippen molar-refractivity contribution in [2.75, 3.05) is 4.90 Å². The van der Waals surface area contributed by atoms with Crippen molar-refractivity contribution in [3.8, 4) is 0 Å². The first-order valence-electron chi connectivity index (χ1n) is 9.18. The van der Waals surface area contributed by atoms with Crippen molar-refractivity contribution < 1.29 is 9.18 Å². The average molecular weight is 418 g/mol. The summed E-state index contributed by atoms with van der Waals surface area (Å²) in [6.45, 7) is 2.37. The Morgan fingerprint density at radius 1 is 1.29 bits per heavy atom. The number of hydrogen-bond donors (Lipinski definition) is 0. The number of thioether (sulfide) groups is 1. The molecule has 1 aliphatic heterocycles. The summed E-state index contributed by atoms with van der Waals surface area (Å²) in [5.74, 6) is 0.954. The normalized spacial score (nSPS) is 13.8. The van der Waals surface area contributed by atoms with Crippen LogP contribution in [-0.2, 0) is 23.5 Å². The fraction of sp³-hybridized carbons (Fsp3) is 0.368.